The minimum atomic E-state index is -0.908. The molecule has 1 aromatic heterocycles. The first-order valence-electron chi connectivity index (χ1n) is 7.32. The molecule has 1 N–H and O–H groups in total. The lowest BCUT2D eigenvalue weighted by molar-refractivity contribution is -0.152. The minimum absolute atomic E-state index is 0.117. The quantitative estimate of drug-likeness (QED) is 0.911. The van der Waals surface area contributed by atoms with E-state index in [1.807, 2.05) is 27.8 Å². The third kappa shape index (κ3) is 3.09. The number of piperidine rings is 1. The summed E-state index contributed by atoms with van der Waals surface area (Å²) in [6.07, 6.45) is 1.62. The molecule has 0 bridgehead atoms. The molecule has 116 valence electrons. The predicted octanol–water partition coefficient (Wildman–Crippen LogP) is 1.29. The maximum absolute atomic E-state index is 12.5. The zero-order valence-electron chi connectivity index (χ0n) is 13.1. The lowest BCUT2D eigenvalue weighted by Crippen LogP contribution is -2.50. The van der Waals surface area contributed by atoms with E-state index in [0.29, 0.717) is 18.9 Å². The van der Waals surface area contributed by atoms with Gasteiger partial charge >= 0.3 is 5.97 Å². The van der Waals surface area contributed by atoms with Crippen molar-refractivity contribution in [3.8, 4) is 0 Å². The predicted molar refractivity (Wildman–Crippen MR) is 77.9 cm³/mol. The Morgan fingerprint density at radius 2 is 2.05 bits per heavy atom. The van der Waals surface area contributed by atoms with Gasteiger partial charge in [0.2, 0.25) is 5.91 Å². The number of nitrogens with zero attached hydrogens (tertiary/aromatic N) is 3. The number of rotatable bonds is 3. The molecule has 1 amide bonds. The van der Waals surface area contributed by atoms with Crippen LogP contribution in [0.5, 0.6) is 0 Å². The summed E-state index contributed by atoms with van der Waals surface area (Å²) in [7, 11) is 1.85. The van der Waals surface area contributed by atoms with Crippen LogP contribution in [0.1, 0.15) is 36.7 Å². The lowest BCUT2D eigenvalue weighted by Gasteiger charge is -2.36. The van der Waals surface area contributed by atoms with Crippen LogP contribution in [0.3, 0.4) is 0 Å². The van der Waals surface area contributed by atoms with Crippen LogP contribution in [0.4, 0.5) is 0 Å². The molecule has 2 rings (SSSR count). The summed E-state index contributed by atoms with van der Waals surface area (Å²) in [4.78, 5) is 25.4. The van der Waals surface area contributed by atoms with E-state index < -0.39 is 12.0 Å². The van der Waals surface area contributed by atoms with Gasteiger partial charge in [-0.25, -0.2) is 4.79 Å². The van der Waals surface area contributed by atoms with E-state index >= 15 is 0 Å². The third-order valence-corrected chi connectivity index (χ3v) is 4.46. The topological polar surface area (TPSA) is 75.4 Å². The number of hydrogen-bond acceptors (Lipinski definition) is 3. The van der Waals surface area contributed by atoms with Crippen LogP contribution < -0.4 is 0 Å². The van der Waals surface area contributed by atoms with E-state index in [0.717, 1.165) is 23.4 Å². The van der Waals surface area contributed by atoms with E-state index in [9.17, 15) is 14.7 Å². The minimum Gasteiger partial charge on any atom is -0.480 e. The number of aliphatic carboxylic acids is 1. The average molecular weight is 293 g/mol. The molecule has 1 aromatic rings. The Morgan fingerprint density at radius 3 is 2.57 bits per heavy atom. The van der Waals surface area contributed by atoms with Crippen LogP contribution in [0.15, 0.2) is 0 Å². The number of likely N-dealkylation sites (tertiary alicyclic amines) is 1. The van der Waals surface area contributed by atoms with Crippen molar-refractivity contribution in [2.45, 2.75) is 46.1 Å². The maximum Gasteiger partial charge on any atom is 0.326 e. The normalized spacial score (nSPS) is 22.4. The van der Waals surface area contributed by atoms with Gasteiger partial charge in [0.05, 0.1) is 12.1 Å². The van der Waals surface area contributed by atoms with Crippen molar-refractivity contribution >= 4 is 11.9 Å². The van der Waals surface area contributed by atoms with Crippen molar-refractivity contribution in [1.82, 2.24) is 14.7 Å². The standard InChI is InChI=1S/C15H23N3O3/c1-9-5-6-18(13(7-9)15(20)21)14(19)8-12-10(2)16-17(4)11(12)3/h9,13H,5-8H2,1-4H3,(H,20,21). The van der Waals surface area contributed by atoms with Crippen molar-refractivity contribution in [1.29, 1.82) is 0 Å². The van der Waals surface area contributed by atoms with Crippen LogP contribution in [0.25, 0.3) is 0 Å². The summed E-state index contributed by atoms with van der Waals surface area (Å²) >= 11 is 0. The molecule has 1 aliphatic heterocycles. The Bertz CT molecular complexity index is 565. The van der Waals surface area contributed by atoms with Gasteiger partial charge in [0, 0.05) is 24.8 Å². The number of aryl methyl sites for hydroxylation is 2. The first-order valence-corrected chi connectivity index (χ1v) is 7.32. The molecular formula is C15H23N3O3. The monoisotopic (exact) mass is 293 g/mol. The smallest absolute Gasteiger partial charge is 0.326 e. The first kappa shape index (κ1) is 15.5. The van der Waals surface area contributed by atoms with Crippen LogP contribution in [0.2, 0.25) is 0 Å². The Morgan fingerprint density at radius 1 is 1.38 bits per heavy atom. The molecule has 0 radical (unpaired) electrons. The maximum atomic E-state index is 12.5. The Labute approximate surface area is 124 Å². The summed E-state index contributed by atoms with van der Waals surface area (Å²) in [6, 6.07) is -0.696. The number of carboxylic acids is 1. The molecule has 0 spiro atoms. The van der Waals surface area contributed by atoms with Crippen molar-refractivity contribution in [2.24, 2.45) is 13.0 Å². The molecule has 0 saturated carbocycles. The SMILES string of the molecule is Cc1nn(C)c(C)c1CC(=O)N1CCC(C)CC1C(=O)O. The van der Waals surface area contributed by atoms with Crippen molar-refractivity contribution < 1.29 is 14.7 Å². The van der Waals surface area contributed by atoms with Gasteiger partial charge in [-0.05, 0) is 32.6 Å². The summed E-state index contributed by atoms with van der Waals surface area (Å²) in [5.41, 5.74) is 2.70. The molecule has 0 aliphatic carbocycles. The van der Waals surface area contributed by atoms with Gasteiger partial charge in [-0.2, -0.15) is 5.10 Å². The largest absolute Gasteiger partial charge is 0.480 e. The number of carbonyl (C=O) groups is 2. The van der Waals surface area contributed by atoms with E-state index in [-0.39, 0.29) is 12.3 Å². The van der Waals surface area contributed by atoms with E-state index in [2.05, 4.69) is 5.10 Å². The van der Waals surface area contributed by atoms with Crippen LogP contribution in [0, 0.1) is 19.8 Å². The van der Waals surface area contributed by atoms with E-state index in [4.69, 9.17) is 0 Å². The zero-order chi connectivity index (χ0) is 15.7. The molecule has 2 atom stereocenters. The second kappa shape index (κ2) is 5.87. The number of carboxylic acid groups (broad SMARTS) is 1. The molecule has 2 unspecified atom stereocenters. The molecule has 1 saturated heterocycles. The fourth-order valence-corrected chi connectivity index (χ4v) is 3.00. The second-order valence-electron chi connectivity index (χ2n) is 6.02. The fraction of sp³-hybridized carbons (Fsp3) is 0.667. The highest BCUT2D eigenvalue weighted by atomic mass is 16.4. The van der Waals surface area contributed by atoms with Gasteiger partial charge in [0.1, 0.15) is 6.04 Å². The second-order valence-corrected chi connectivity index (χ2v) is 6.02. The summed E-state index contributed by atoms with van der Waals surface area (Å²) < 4.78 is 1.75. The fourth-order valence-electron chi connectivity index (χ4n) is 3.00. The Balaban J connectivity index is 2.17. The molecule has 6 heteroatoms. The van der Waals surface area contributed by atoms with Crippen molar-refractivity contribution in [2.75, 3.05) is 6.54 Å². The van der Waals surface area contributed by atoms with Gasteiger partial charge < -0.3 is 10.0 Å². The van der Waals surface area contributed by atoms with Gasteiger partial charge in [0.25, 0.3) is 0 Å². The van der Waals surface area contributed by atoms with Gasteiger partial charge in [-0.3, -0.25) is 9.48 Å². The highest BCUT2D eigenvalue weighted by molar-refractivity contribution is 5.85. The van der Waals surface area contributed by atoms with Gasteiger partial charge in [0.15, 0.2) is 0 Å². The zero-order valence-corrected chi connectivity index (χ0v) is 13.1. The molecule has 2 heterocycles. The molecule has 1 aliphatic rings. The third-order valence-electron chi connectivity index (χ3n) is 4.46. The summed E-state index contributed by atoms with van der Waals surface area (Å²) in [5.74, 6) is -0.681. The number of aromatic nitrogens is 2. The number of amides is 1. The molecular weight excluding hydrogens is 270 g/mol. The van der Waals surface area contributed by atoms with Crippen molar-refractivity contribution in [3.05, 3.63) is 17.0 Å². The van der Waals surface area contributed by atoms with Crippen LogP contribution in [-0.4, -0.2) is 44.3 Å². The van der Waals surface area contributed by atoms with E-state index in [1.165, 1.54) is 4.90 Å². The highest BCUT2D eigenvalue weighted by Crippen LogP contribution is 2.24. The van der Waals surface area contributed by atoms with E-state index in [1.54, 1.807) is 4.68 Å². The van der Waals surface area contributed by atoms with Gasteiger partial charge in [-0.1, -0.05) is 6.92 Å². The Kier molecular flexibility index (Phi) is 4.34. The highest BCUT2D eigenvalue weighted by Gasteiger charge is 2.35. The van der Waals surface area contributed by atoms with Gasteiger partial charge in [-0.15, -0.1) is 0 Å². The first-order chi connectivity index (χ1) is 9.81. The van der Waals surface area contributed by atoms with Crippen LogP contribution in [-0.2, 0) is 23.1 Å². The molecule has 21 heavy (non-hydrogen) atoms. The molecule has 6 nitrogen and oxygen atoms in total. The number of hydrogen-bond donors (Lipinski definition) is 1. The lowest BCUT2D eigenvalue weighted by atomic mass is 9.92. The summed E-state index contributed by atoms with van der Waals surface area (Å²) in [5, 5.41) is 13.6. The van der Waals surface area contributed by atoms with Crippen molar-refractivity contribution in [3.63, 3.8) is 0 Å². The Hall–Kier alpha value is -1.85. The average Bonchev–Trinajstić information content (AvgIpc) is 2.65. The molecule has 0 aromatic carbocycles. The molecule has 1 fully saturated rings. The van der Waals surface area contributed by atoms with Crippen LogP contribution >= 0.6 is 0 Å². The number of carbonyl (C=O) groups excluding carboxylic acids is 1. The summed E-state index contributed by atoms with van der Waals surface area (Å²) in [6.45, 7) is 6.36.